The zero-order chi connectivity index (χ0) is 34.1. The second-order valence-electron chi connectivity index (χ2n) is 13.4. The van der Waals surface area contributed by atoms with Crippen LogP contribution in [0.5, 0.6) is 0 Å². The summed E-state index contributed by atoms with van der Waals surface area (Å²) in [4.78, 5) is 2.49. The molecule has 10 rings (SSSR count). The number of hydrogen-bond donors (Lipinski definition) is 0. The van der Waals surface area contributed by atoms with Crippen LogP contribution < -0.4 is 4.90 Å². The third-order valence-corrected chi connectivity index (χ3v) is 10.6. The number of nitrogens with zero attached hydrogens (tertiary/aromatic N) is 2. The molecular formula is C49H34N2. The van der Waals surface area contributed by atoms with Gasteiger partial charge in [0.15, 0.2) is 0 Å². The Labute approximate surface area is 297 Å². The molecular weight excluding hydrogens is 617 g/mol. The van der Waals surface area contributed by atoms with Gasteiger partial charge in [0.1, 0.15) is 0 Å². The molecule has 0 atom stereocenters. The van der Waals surface area contributed by atoms with Crippen molar-refractivity contribution >= 4 is 66.5 Å². The maximum Gasteiger partial charge on any atom is 0.0561 e. The number of benzene rings is 8. The molecule has 9 aromatic rings. The molecule has 0 spiro atoms. The molecule has 1 aliphatic rings. The summed E-state index contributed by atoms with van der Waals surface area (Å²) >= 11 is 0. The highest BCUT2D eigenvalue weighted by molar-refractivity contribution is 6.21. The molecule has 0 N–H and O–H groups in total. The van der Waals surface area contributed by atoms with Gasteiger partial charge >= 0.3 is 0 Å². The third kappa shape index (κ3) is 4.36. The number of hydrogen-bond acceptors (Lipinski definition) is 1. The monoisotopic (exact) mass is 650 g/mol. The van der Waals surface area contributed by atoms with Crippen molar-refractivity contribution in [3.63, 3.8) is 0 Å². The predicted octanol–water partition coefficient (Wildman–Crippen LogP) is 13.7. The summed E-state index contributed by atoms with van der Waals surface area (Å²) < 4.78 is 2.41. The number of fused-ring (bicyclic) bond motifs is 7. The Kier molecular flexibility index (Phi) is 6.59. The van der Waals surface area contributed by atoms with Crippen molar-refractivity contribution in [3.8, 4) is 27.9 Å². The summed E-state index contributed by atoms with van der Waals surface area (Å²) in [7, 11) is 0. The summed E-state index contributed by atoms with van der Waals surface area (Å²) in [6, 6.07) is 57.8. The Morgan fingerprint density at radius 3 is 2.12 bits per heavy atom. The molecule has 8 aromatic carbocycles. The van der Waals surface area contributed by atoms with Crippen LogP contribution in [0.25, 0.3) is 77.4 Å². The maximum atomic E-state index is 3.98. The van der Waals surface area contributed by atoms with E-state index in [-0.39, 0.29) is 0 Å². The molecule has 0 fully saturated rings. The van der Waals surface area contributed by atoms with Gasteiger partial charge in [-0.05, 0) is 93.4 Å². The van der Waals surface area contributed by atoms with E-state index in [0.717, 1.165) is 22.7 Å². The van der Waals surface area contributed by atoms with E-state index in [9.17, 15) is 0 Å². The number of rotatable bonds is 6. The number of para-hydroxylation sites is 2. The van der Waals surface area contributed by atoms with E-state index in [4.69, 9.17) is 0 Å². The van der Waals surface area contributed by atoms with Crippen LogP contribution in [0.1, 0.15) is 11.1 Å². The first-order valence-corrected chi connectivity index (χ1v) is 17.6. The van der Waals surface area contributed by atoms with Crippen LogP contribution in [0.3, 0.4) is 0 Å². The van der Waals surface area contributed by atoms with Gasteiger partial charge < -0.3 is 9.47 Å². The molecule has 0 saturated carbocycles. The number of allylic oxidation sites excluding steroid dienone is 2. The van der Waals surface area contributed by atoms with E-state index in [2.05, 4.69) is 193 Å². The third-order valence-electron chi connectivity index (χ3n) is 10.6. The summed E-state index contributed by atoms with van der Waals surface area (Å²) in [6.07, 6.45) is 6.13. The van der Waals surface area contributed by atoms with Crippen molar-refractivity contribution in [2.45, 2.75) is 6.92 Å². The van der Waals surface area contributed by atoms with Gasteiger partial charge in [0.05, 0.1) is 22.4 Å². The lowest BCUT2D eigenvalue weighted by Crippen LogP contribution is -2.12. The second kappa shape index (κ2) is 11.5. The van der Waals surface area contributed by atoms with Gasteiger partial charge in [-0.2, -0.15) is 0 Å². The number of anilines is 3. The van der Waals surface area contributed by atoms with Crippen LogP contribution >= 0.6 is 0 Å². The Morgan fingerprint density at radius 2 is 1.24 bits per heavy atom. The lowest BCUT2D eigenvalue weighted by Gasteiger charge is -2.29. The Balaban J connectivity index is 1.31. The van der Waals surface area contributed by atoms with Crippen molar-refractivity contribution in [1.82, 2.24) is 4.57 Å². The summed E-state index contributed by atoms with van der Waals surface area (Å²) in [6.45, 7) is 6.19. The quantitative estimate of drug-likeness (QED) is 0.163. The molecule has 51 heavy (non-hydrogen) atoms. The highest BCUT2D eigenvalue weighted by Crippen LogP contribution is 2.55. The van der Waals surface area contributed by atoms with Crippen LogP contribution in [0.2, 0.25) is 0 Å². The molecule has 1 aromatic heterocycles. The molecule has 240 valence electrons. The Hall–Kier alpha value is -6.64. The normalized spacial score (nSPS) is 12.0. The maximum absolute atomic E-state index is 3.98. The number of aryl methyl sites for hydroxylation is 1. The van der Waals surface area contributed by atoms with Crippen LogP contribution in [-0.2, 0) is 0 Å². The molecule has 0 radical (unpaired) electrons. The summed E-state index contributed by atoms with van der Waals surface area (Å²) in [5, 5.41) is 7.49. The minimum Gasteiger partial charge on any atom is -0.309 e. The fourth-order valence-electron chi connectivity index (χ4n) is 8.46. The van der Waals surface area contributed by atoms with Crippen LogP contribution in [-0.4, -0.2) is 4.57 Å². The number of aromatic nitrogens is 1. The molecule has 0 aliphatic heterocycles. The fraction of sp³-hybridized carbons (Fsp3) is 0.0204. The van der Waals surface area contributed by atoms with Crippen LogP contribution in [0, 0.1) is 6.92 Å². The molecule has 2 heteroatoms. The lowest BCUT2D eigenvalue weighted by molar-refractivity contribution is 1.18. The zero-order valence-corrected chi connectivity index (χ0v) is 28.3. The fourth-order valence-corrected chi connectivity index (χ4v) is 8.46. The first-order chi connectivity index (χ1) is 25.2. The molecule has 1 heterocycles. The van der Waals surface area contributed by atoms with Gasteiger partial charge in [-0.3, -0.25) is 0 Å². The van der Waals surface area contributed by atoms with E-state index in [0.29, 0.717) is 0 Å². The molecule has 0 amide bonds. The molecule has 0 bridgehead atoms. The first kappa shape index (κ1) is 29.3. The van der Waals surface area contributed by atoms with Crippen molar-refractivity contribution in [1.29, 1.82) is 0 Å². The van der Waals surface area contributed by atoms with E-state index >= 15 is 0 Å². The van der Waals surface area contributed by atoms with Crippen LogP contribution in [0.4, 0.5) is 17.1 Å². The van der Waals surface area contributed by atoms with Gasteiger partial charge in [0.2, 0.25) is 0 Å². The van der Waals surface area contributed by atoms with Gasteiger partial charge in [0, 0.05) is 33.1 Å². The highest BCUT2D eigenvalue weighted by Gasteiger charge is 2.30. The van der Waals surface area contributed by atoms with Crippen LogP contribution in [0.15, 0.2) is 176 Å². The first-order valence-electron chi connectivity index (χ1n) is 17.6. The van der Waals surface area contributed by atoms with E-state index < -0.39 is 0 Å². The molecule has 0 unspecified atom stereocenters. The average molecular weight is 651 g/mol. The predicted molar refractivity (Wildman–Crippen MR) is 219 cm³/mol. The largest absolute Gasteiger partial charge is 0.309 e. The van der Waals surface area contributed by atoms with Gasteiger partial charge in [-0.15, -0.1) is 0 Å². The Morgan fingerprint density at radius 1 is 0.549 bits per heavy atom. The SMILES string of the molecule is C=C/C=C\c1c(C)cc2cccc3c2c1-c1cccc(N(c2ccc4c5ccccc5n(-c5ccccc5)c4c2)c2cccc4ccccc24)c1-3. The topological polar surface area (TPSA) is 8.17 Å². The van der Waals surface area contributed by atoms with Crippen molar-refractivity contribution < 1.29 is 0 Å². The minimum absolute atomic E-state index is 1.11. The summed E-state index contributed by atoms with van der Waals surface area (Å²) in [5.74, 6) is 0. The lowest BCUT2D eigenvalue weighted by atomic mass is 9.93. The average Bonchev–Trinajstić information content (AvgIpc) is 3.69. The summed E-state index contributed by atoms with van der Waals surface area (Å²) in [5.41, 5.74) is 14.5. The van der Waals surface area contributed by atoms with Crippen molar-refractivity contribution in [2.24, 2.45) is 0 Å². The van der Waals surface area contributed by atoms with E-state index in [1.165, 1.54) is 76.7 Å². The Bertz CT molecular complexity index is 2880. The van der Waals surface area contributed by atoms with Gasteiger partial charge in [-0.1, -0.05) is 140 Å². The van der Waals surface area contributed by atoms with Gasteiger partial charge in [0.25, 0.3) is 0 Å². The minimum atomic E-state index is 1.11. The van der Waals surface area contributed by atoms with E-state index in [1.54, 1.807) is 0 Å². The second-order valence-corrected chi connectivity index (χ2v) is 13.4. The molecule has 0 saturated heterocycles. The van der Waals surface area contributed by atoms with Gasteiger partial charge in [-0.25, -0.2) is 0 Å². The molecule has 1 aliphatic carbocycles. The van der Waals surface area contributed by atoms with E-state index in [1.807, 2.05) is 6.08 Å². The zero-order valence-electron chi connectivity index (χ0n) is 28.3. The smallest absolute Gasteiger partial charge is 0.0561 e. The highest BCUT2D eigenvalue weighted by atomic mass is 15.1. The van der Waals surface area contributed by atoms with Crippen molar-refractivity contribution in [2.75, 3.05) is 4.90 Å². The molecule has 2 nitrogen and oxygen atoms in total. The van der Waals surface area contributed by atoms with Crippen molar-refractivity contribution in [3.05, 3.63) is 188 Å². The standard InChI is InChI=1S/C49H34N2/c1-3-4-20-37-32(2)30-34-17-12-23-41-47(34)49(37)42-24-14-27-45(48(41)42)51(43-26-13-16-33-15-8-9-21-38(33)43)36-28-29-40-39-22-10-11-25-44(39)50(46(40)31-36)35-18-6-5-7-19-35/h3-31H,1H2,2H3/b20-4-.